The van der Waals surface area contributed by atoms with Crippen LogP contribution in [0.5, 0.6) is 0 Å². The normalized spacial score (nSPS) is 19.7. The number of thiazole rings is 1. The van der Waals surface area contributed by atoms with Gasteiger partial charge in [0.05, 0.1) is 12.3 Å². The molecule has 0 aromatic carbocycles. The van der Waals surface area contributed by atoms with Crippen molar-refractivity contribution >= 4 is 22.9 Å². The second-order valence-corrected chi connectivity index (χ2v) is 5.32. The first-order chi connectivity index (χ1) is 7.31. The molecule has 1 unspecified atom stereocenters. The third-order valence-electron chi connectivity index (χ3n) is 2.61. The Labute approximate surface area is 98.3 Å². The fraction of sp³-hybridized carbons (Fsp3) is 0.600. The molecule has 0 aliphatic carbocycles. The number of likely N-dealkylation sites (tertiary alicyclic amines) is 1. The molecule has 0 spiro atoms. The highest BCUT2D eigenvalue weighted by atomic mass is 35.5. The van der Waals surface area contributed by atoms with Crippen molar-refractivity contribution in [3.63, 3.8) is 0 Å². The van der Waals surface area contributed by atoms with Gasteiger partial charge >= 0.3 is 0 Å². The van der Waals surface area contributed by atoms with Crippen LogP contribution in [0.4, 0.5) is 0 Å². The predicted molar refractivity (Wildman–Crippen MR) is 60.9 cm³/mol. The molecule has 80 valence electrons. The second kappa shape index (κ2) is 4.93. The largest absolute Gasteiger partial charge is 0.282 e. The summed E-state index contributed by atoms with van der Waals surface area (Å²) in [6.07, 6.45) is 5.25. The van der Waals surface area contributed by atoms with Crippen molar-refractivity contribution in [2.75, 3.05) is 13.1 Å². The fourth-order valence-electron chi connectivity index (χ4n) is 1.86. The van der Waals surface area contributed by atoms with Gasteiger partial charge in [0.2, 0.25) is 0 Å². The highest BCUT2D eigenvalue weighted by Crippen LogP contribution is 2.29. The molecule has 2 heterocycles. The molecule has 0 bridgehead atoms. The first-order valence-electron chi connectivity index (χ1n) is 5.06. The van der Waals surface area contributed by atoms with Crippen LogP contribution in [0, 0.1) is 11.3 Å². The first kappa shape index (κ1) is 10.9. The Morgan fingerprint density at radius 1 is 1.47 bits per heavy atom. The summed E-state index contributed by atoms with van der Waals surface area (Å²) in [5.41, 5.74) is 0. The Bertz CT molecular complexity index is 365. The minimum atomic E-state index is -0.206. The number of piperidine rings is 1. The number of rotatable bonds is 2. The van der Waals surface area contributed by atoms with E-state index in [2.05, 4.69) is 16.0 Å². The third-order valence-corrected chi connectivity index (χ3v) is 3.77. The lowest BCUT2D eigenvalue weighted by Gasteiger charge is -2.29. The van der Waals surface area contributed by atoms with Crippen LogP contribution in [0.15, 0.2) is 6.20 Å². The second-order valence-electron chi connectivity index (χ2n) is 3.63. The maximum atomic E-state index is 9.17. The van der Waals surface area contributed by atoms with E-state index in [1.807, 2.05) is 0 Å². The highest BCUT2D eigenvalue weighted by molar-refractivity contribution is 7.15. The smallest absolute Gasteiger partial charge is 0.150 e. The van der Waals surface area contributed by atoms with Crippen LogP contribution in [0.2, 0.25) is 4.34 Å². The van der Waals surface area contributed by atoms with E-state index in [1.54, 1.807) is 6.20 Å². The zero-order valence-corrected chi connectivity index (χ0v) is 9.89. The molecule has 3 nitrogen and oxygen atoms in total. The molecule has 0 N–H and O–H groups in total. The van der Waals surface area contributed by atoms with Crippen molar-refractivity contribution in [1.29, 1.82) is 5.26 Å². The molecule has 1 aromatic heterocycles. The van der Waals surface area contributed by atoms with Gasteiger partial charge in [-0.3, -0.25) is 4.90 Å². The van der Waals surface area contributed by atoms with Crippen LogP contribution >= 0.6 is 22.9 Å². The number of nitrogens with zero attached hydrogens (tertiary/aromatic N) is 3. The van der Waals surface area contributed by atoms with E-state index in [4.69, 9.17) is 11.6 Å². The molecule has 5 heteroatoms. The average Bonchev–Trinajstić information content (AvgIpc) is 2.68. The molecule has 1 aliphatic rings. The van der Waals surface area contributed by atoms with Crippen LogP contribution in [0.3, 0.4) is 0 Å². The molecule has 1 fully saturated rings. The van der Waals surface area contributed by atoms with Gasteiger partial charge in [0.15, 0.2) is 6.04 Å². The van der Waals surface area contributed by atoms with Gasteiger partial charge in [-0.1, -0.05) is 18.0 Å². The van der Waals surface area contributed by atoms with E-state index in [-0.39, 0.29) is 6.04 Å². The van der Waals surface area contributed by atoms with Crippen molar-refractivity contribution < 1.29 is 0 Å². The standard InChI is InChI=1S/C10H12ClN3S/c11-9-7-13-10(15-9)8(6-12)14-4-2-1-3-5-14/h7-8H,1-5H2. The van der Waals surface area contributed by atoms with Crippen LogP contribution in [-0.4, -0.2) is 23.0 Å². The van der Waals surface area contributed by atoms with Crippen molar-refractivity contribution in [2.24, 2.45) is 0 Å². The topological polar surface area (TPSA) is 39.9 Å². The first-order valence-corrected chi connectivity index (χ1v) is 6.25. The maximum Gasteiger partial charge on any atom is 0.150 e. The molecule has 1 aromatic rings. The van der Waals surface area contributed by atoms with Gasteiger partial charge in [-0.2, -0.15) is 5.26 Å². The summed E-state index contributed by atoms with van der Waals surface area (Å²) < 4.78 is 0.655. The quantitative estimate of drug-likeness (QED) is 0.800. The fourth-order valence-corrected chi connectivity index (χ4v) is 2.87. The van der Waals surface area contributed by atoms with Gasteiger partial charge in [-0.25, -0.2) is 4.98 Å². The van der Waals surface area contributed by atoms with Crippen LogP contribution in [0.25, 0.3) is 0 Å². The van der Waals surface area contributed by atoms with Gasteiger partial charge in [-0.05, 0) is 25.9 Å². The number of nitriles is 1. The lowest BCUT2D eigenvalue weighted by molar-refractivity contribution is 0.196. The monoisotopic (exact) mass is 241 g/mol. The lowest BCUT2D eigenvalue weighted by Crippen LogP contribution is -2.32. The molecule has 0 radical (unpaired) electrons. The molecule has 15 heavy (non-hydrogen) atoms. The van der Waals surface area contributed by atoms with Crippen LogP contribution in [0.1, 0.15) is 30.3 Å². The maximum absolute atomic E-state index is 9.17. The van der Waals surface area contributed by atoms with Crippen molar-refractivity contribution in [1.82, 2.24) is 9.88 Å². The molecule has 0 amide bonds. The third kappa shape index (κ3) is 2.49. The molecular weight excluding hydrogens is 230 g/mol. The van der Waals surface area contributed by atoms with Gasteiger partial charge in [-0.15, -0.1) is 11.3 Å². The Kier molecular flexibility index (Phi) is 3.57. The van der Waals surface area contributed by atoms with E-state index in [9.17, 15) is 5.26 Å². The Morgan fingerprint density at radius 3 is 2.73 bits per heavy atom. The number of hydrogen-bond donors (Lipinski definition) is 0. The van der Waals surface area contributed by atoms with Crippen LogP contribution < -0.4 is 0 Å². The SMILES string of the molecule is N#CC(c1ncc(Cl)s1)N1CCCCC1. The number of aromatic nitrogens is 1. The van der Waals surface area contributed by atoms with Crippen LogP contribution in [-0.2, 0) is 0 Å². The summed E-state index contributed by atoms with van der Waals surface area (Å²) in [6.45, 7) is 1.99. The molecule has 0 saturated carbocycles. The summed E-state index contributed by atoms with van der Waals surface area (Å²) >= 11 is 7.23. The number of halogens is 1. The Balaban J connectivity index is 2.13. The molecule has 2 rings (SSSR count). The van der Waals surface area contributed by atoms with E-state index >= 15 is 0 Å². The zero-order chi connectivity index (χ0) is 10.7. The molecule has 1 atom stereocenters. The summed E-state index contributed by atoms with van der Waals surface area (Å²) in [6, 6.07) is 2.11. The predicted octanol–water partition coefficient (Wildman–Crippen LogP) is 2.85. The van der Waals surface area contributed by atoms with Gasteiger partial charge < -0.3 is 0 Å². The number of hydrogen-bond acceptors (Lipinski definition) is 4. The zero-order valence-electron chi connectivity index (χ0n) is 8.32. The summed E-state index contributed by atoms with van der Waals surface area (Å²) in [4.78, 5) is 6.38. The van der Waals surface area contributed by atoms with Gasteiger partial charge in [0.1, 0.15) is 9.34 Å². The van der Waals surface area contributed by atoms with Gasteiger partial charge in [0.25, 0.3) is 0 Å². The molecule has 1 aliphatic heterocycles. The lowest BCUT2D eigenvalue weighted by atomic mass is 10.1. The summed E-state index contributed by atoms with van der Waals surface area (Å²) in [7, 11) is 0. The Hall–Kier alpha value is -0.630. The highest BCUT2D eigenvalue weighted by Gasteiger charge is 2.24. The van der Waals surface area contributed by atoms with Crippen molar-refractivity contribution in [2.45, 2.75) is 25.3 Å². The minimum absolute atomic E-state index is 0.206. The summed E-state index contributed by atoms with van der Waals surface area (Å²) in [5, 5.41) is 10.00. The molecular formula is C10H12ClN3S. The van der Waals surface area contributed by atoms with Gasteiger partial charge in [0, 0.05) is 0 Å². The minimum Gasteiger partial charge on any atom is -0.282 e. The van der Waals surface area contributed by atoms with E-state index in [0.717, 1.165) is 18.1 Å². The average molecular weight is 242 g/mol. The van der Waals surface area contributed by atoms with E-state index < -0.39 is 0 Å². The van der Waals surface area contributed by atoms with E-state index in [0.29, 0.717) is 4.34 Å². The van der Waals surface area contributed by atoms with E-state index in [1.165, 1.54) is 30.6 Å². The summed E-state index contributed by atoms with van der Waals surface area (Å²) in [5.74, 6) is 0. The Morgan fingerprint density at radius 2 is 2.20 bits per heavy atom. The molecule has 1 saturated heterocycles. The van der Waals surface area contributed by atoms with Crippen molar-refractivity contribution in [3.8, 4) is 6.07 Å². The van der Waals surface area contributed by atoms with Crippen molar-refractivity contribution in [3.05, 3.63) is 15.5 Å².